The van der Waals surface area contributed by atoms with Crippen molar-refractivity contribution in [1.82, 2.24) is 15.2 Å². The van der Waals surface area contributed by atoms with Crippen molar-refractivity contribution >= 4 is 11.6 Å². The normalized spacial score (nSPS) is 16.4. The molecule has 1 N–H and O–H groups in total. The van der Waals surface area contributed by atoms with Gasteiger partial charge >= 0.3 is 0 Å². The Morgan fingerprint density at radius 2 is 1.88 bits per heavy atom. The molecule has 0 spiro atoms. The maximum Gasteiger partial charge on any atom is 0.231 e. The molecule has 0 unspecified atom stereocenters. The molecule has 2 aromatic carbocycles. The molecule has 34 heavy (non-hydrogen) atoms. The Morgan fingerprint density at radius 3 is 2.56 bits per heavy atom. The summed E-state index contributed by atoms with van der Waals surface area (Å²) in [7, 11) is 1.77. The summed E-state index contributed by atoms with van der Waals surface area (Å²) in [5.41, 5.74) is 4.58. The highest BCUT2D eigenvalue weighted by Gasteiger charge is 2.17. The molecule has 1 atom stereocenters. The van der Waals surface area contributed by atoms with E-state index in [1.807, 2.05) is 25.1 Å². The first-order valence-corrected chi connectivity index (χ1v) is 11.5. The lowest BCUT2D eigenvalue weighted by Crippen LogP contribution is -2.48. The van der Waals surface area contributed by atoms with Crippen LogP contribution in [0.1, 0.15) is 23.7 Å². The number of rotatable bonds is 6. The number of hydrogen-bond acceptors (Lipinski definition) is 4. The molecule has 1 amide bonds. The second-order valence-electron chi connectivity index (χ2n) is 8.96. The summed E-state index contributed by atoms with van der Waals surface area (Å²) >= 11 is 0. The second-order valence-corrected chi connectivity index (χ2v) is 8.96. The van der Waals surface area contributed by atoms with Gasteiger partial charge < -0.3 is 10.2 Å². The molecule has 4 rings (SSSR count). The number of anilines is 1. The van der Waals surface area contributed by atoms with Gasteiger partial charge in [0.2, 0.25) is 5.91 Å². The molecular weight excluding hydrogens is 434 g/mol. The fraction of sp³-hybridized carbons (Fsp3) is 0.333. The standard InChI is InChI=1S/C27H30F2N4O/c1-18-16-33(13-12-30-18)17-20-4-8-23(9-5-20)32(3)27(34)15-21-7-11-26(31-19(21)2)22-6-10-24(28)25(29)14-22/h4-11,14,18,30H,12-13,15-17H2,1-3H3/t18-/m0/s1. The molecule has 1 fully saturated rings. The van der Waals surface area contributed by atoms with E-state index in [9.17, 15) is 13.6 Å². The number of likely N-dealkylation sites (N-methyl/N-ethyl adjacent to an activating group) is 1. The Labute approximate surface area is 199 Å². The molecule has 0 radical (unpaired) electrons. The van der Waals surface area contributed by atoms with E-state index in [1.54, 1.807) is 18.0 Å². The predicted octanol–water partition coefficient (Wildman–Crippen LogP) is 4.33. The highest BCUT2D eigenvalue weighted by molar-refractivity contribution is 5.94. The topological polar surface area (TPSA) is 48.5 Å². The molecule has 1 aliphatic heterocycles. The van der Waals surface area contributed by atoms with E-state index in [4.69, 9.17) is 0 Å². The highest BCUT2D eigenvalue weighted by atomic mass is 19.2. The SMILES string of the molecule is Cc1nc(-c2ccc(F)c(F)c2)ccc1CC(=O)N(C)c1ccc(CN2CCN[C@@H](C)C2)cc1. The summed E-state index contributed by atoms with van der Waals surface area (Å²) in [5, 5.41) is 3.45. The summed E-state index contributed by atoms with van der Waals surface area (Å²) in [6.07, 6.45) is 0.202. The molecule has 0 bridgehead atoms. The molecule has 178 valence electrons. The Hall–Kier alpha value is -3.16. The van der Waals surface area contributed by atoms with Crippen molar-refractivity contribution in [3.05, 3.63) is 83.1 Å². The zero-order chi connectivity index (χ0) is 24.2. The minimum Gasteiger partial charge on any atom is -0.315 e. The van der Waals surface area contributed by atoms with Crippen LogP contribution in [-0.2, 0) is 17.8 Å². The number of aromatic nitrogens is 1. The van der Waals surface area contributed by atoms with Gasteiger partial charge in [-0.2, -0.15) is 0 Å². The van der Waals surface area contributed by atoms with Gasteiger partial charge in [0, 0.05) is 56.2 Å². The maximum absolute atomic E-state index is 13.6. The number of nitrogens with one attached hydrogen (secondary N) is 1. The Morgan fingerprint density at radius 1 is 1.12 bits per heavy atom. The lowest BCUT2D eigenvalue weighted by molar-refractivity contribution is -0.117. The van der Waals surface area contributed by atoms with Crippen molar-refractivity contribution < 1.29 is 13.6 Å². The van der Waals surface area contributed by atoms with Crippen molar-refractivity contribution in [2.75, 3.05) is 31.6 Å². The van der Waals surface area contributed by atoms with E-state index in [0.717, 1.165) is 49.6 Å². The van der Waals surface area contributed by atoms with Crippen molar-refractivity contribution in [1.29, 1.82) is 0 Å². The van der Waals surface area contributed by atoms with Crippen LogP contribution in [0, 0.1) is 18.6 Å². The molecule has 1 aromatic heterocycles. The number of carbonyl (C=O) groups excluding carboxylic acids is 1. The van der Waals surface area contributed by atoms with Gasteiger partial charge in [0.05, 0.1) is 12.1 Å². The Kier molecular flexibility index (Phi) is 7.34. The van der Waals surface area contributed by atoms with E-state index in [0.29, 0.717) is 23.0 Å². The van der Waals surface area contributed by atoms with E-state index in [-0.39, 0.29) is 12.3 Å². The molecule has 3 aromatic rings. The fourth-order valence-electron chi connectivity index (χ4n) is 4.26. The quantitative estimate of drug-likeness (QED) is 0.590. The first kappa shape index (κ1) is 24.0. The largest absolute Gasteiger partial charge is 0.315 e. The fourth-order valence-corrected chi connectivity index (χ4v) is 4.26. The smallest absolute Gasteiger partial charge is 0.231 e. The van der Waals surface area contributed by atoms with Gasteiger partial charge in [-0.3, -0.25) is 14.7 Å². The van der Waals surface area contributed by atoms with Gasteiger partial charge in [-0.15, -0.1) is 0 Å². The minimum atomic E-state index is -0.911. The summed E-state index contributed by atoms with van der Waals surface area (Å²) < 4.78 is 26.8. The zero-order valence-corrected chi connectivity index (χ0v) is 19.8. The molecule has 1 aliphatic rings. The van der Waals surface area contributed by atoms with Crippen molar-refractivity contribution in [2.45, 2.75) is 32.9 Å². The molecule has 7 heteroatoms. The van der Waals surface area contributed by atoms with E-state index >= 15 is 0 Å². The molecule has 1 saturated heterocycles. The average molecular weight is 465 g/mol. The van der Waals surface area contributed by atoms with E-state index in [1.165, 1.54) is 11.6 Å². The number of nitrogens with zero attached hydrogens (tertiary/aromatic N) is 3. The lowest BCUT2D eigenvalue weighted by Gasteiger charge is -2.31. The summed E-state index contributed by atoms with van der Waals surface area (Å²) in [5.74, 6) is -1.85. The number of amides is 1. The van der Waals surface area contributed by atoms with Gasteiger partial charge in [0.25, 0.3) is 0 Å². The molecule has 0 saturated carbocycles. The number of benzene rings is 2. The number of pyridine rings is 1. The molecule has 5 nitrogen and oxygen atoms in total. The summed E-state index contributed by atoms with van der Waals surface area (Å²) in [6.45, 7) is 7.99. The number of aryl methyl sites for hydroxylation is 1. The average Bonchev–Trinajstić information content (AvgIpc) is 2.82. The van der Waals surface area contributed by atoms with Crippen molar-refractivity contribution in [2.24, 2.45) is 0 Å². The Balaban J connectivity index is 1.39. The van der Waals surface area contributed by atoms with Gasteiger partial charge in [0.1, 0.15) is 0 Å². The number of halogens is 2. The first-order valence-electron chi connectivity index (χ1n) is 11.5. The lowest BCUT2D eigenvalue weighted by atomic mass is 10.1. The Bertz CT molecular complexity index is 1170. The second kappa shape index (κ2) is 10.4. The summed E-state index contributed by atoms with van der Waals surface area (Å²) in [4.78, 5) is 21.5. The predicted molar refractivity (Wildman–Crippen MR) is 131 cm³/mol. The van der Waals surface area contributed by atoms with Crippen LogP contribution in [0.2, 0.25) is 0 Å². The van der Waals surface area contributed by atoms with Crippen LogP contribution in [0.5, 0.6) is 0 Å². The van der Waals surface area contributed by atoms with Crippen LogP contribution in [0.15, 0.2) is 54.6 Å². The third kappa shape index (κ3) is 5.66. The van der Waals surface area contributed by atoms with Crippen LogP contribution < -0.4 is 10.2 Å². The van der Waals surface area contributed by atoms with Gasteiger partial charge in [-0.1, -0.05) is 18.2 Å². The highest BCUT2D eigenvalue weighted by Crippen LogP contribution is 2.22. The van der Waals surface area contributed by atoms with E-state index in [2.05, 4.69) is 34.3 Å². The molecular formula is C27H30F2N4O. The van der Waals surface area contributed by atoms with Crippen LogP contribution in [0.3, 0.4) is 0 Å². The monoisotopic (exact) mass is 464 g/mol. The third-order valence-electron chi connectivity index (χ3n) is 6.31. The number of carbonyl (C=O) groups is 1. The number of hydrogen-bond donors (Lipinski definition) is 1. The van der Waals surface area contributed by atoms with Crippen LogP contribution >= 0.6 is 0 Å². The number of piperazine rings is 1. The van der Waals surface area contributed by atoms with Crippen LogP contribution in [0.4, 0.5) is 14.5 Å². The molecule has 2 heterocycles. The van der Waals surface area contributed by atoms with Crippen LogP contribution in [0.25, 0.3) is 11.3 Å². The van der Waals surface area contributed by atoms with Crippen molar-refractivity contribution in [3.63, 3.8) is 0 Å². The maximum atomic E-state index is 13.6. The van der Waals surface area contributed by atoms with E-state index < -0.39 is 11.6 Å². The van der Waals surface area contributed by atoms with Crippen LogP contribution in [-0.4, -0.2) is 48.5 Å². The van der Waals surface area contributed by atoms with Crippen molar-refractivity contribution in [3.8, 4) is 11.3 Å². The van der Waals surface area contributed by atoms with Gasteiger partial charge in [-0.25, -0.2) is 8.78 Å². The summed E-state index contributed by atoms with van der Waals surface area (Å²) in [6, 6.07) is 15.9. The molecule has 0 aliphatic carbocycles. The first-order chi connectivity index (χ1) is 16.3. The third-order valence-corrected chi connectivity index (χ3v) is 6.31. The zero-order valence-electron chi connectivity index (χ0n) is 19.8. The minimum absolute atomic E-state index is 0.0471. The van der Waals surface area contributed by atoms with Gasteiger partial charge in [-0.05, 0) is 61.4 Å². The van der Waals surface area contributed by atoms with Gasteiger partial charge in [0.15, 0.2) is 11.6 Å².